The highest BCUT2D eigenvalue weighted by molar-refractivity contribution is 6.30. The molecule has 2 aromatic carbocycles. The van der Waals surface area contributed by atoms with Crippen molar-refractivity contribution in [3.63, 3.8) is 0 Å². The molecule has 0 saturated carbocycles. The number of anilines is 1. The van der Waals surface area contributed by atoms with Crippen LogP contribution in [0.15, 0.2) is 53.1 Å². The molecule has 3 rings (SSSR count). The van der Waals surface area contributed by atoms with Crippen LogP contribution >= 0.6 is 11.6 Å². The first kappa shape index (κ1) is 12.7. The van der Waals surface area contributed by atoms with Gasteiger partial charge in [0.1, 0.15) is 11.5 Å². The number of nitrogen functional groups attached to an aromatic ring is 1. The summed E-state index contributed by atoms with van der Waals surface area (Å²) in [5.41, 5.74) is 8.57. The van der Waals surface area contributed by atoms with Crippen LogP contribution in [-0.2, 0) is 0 Å². The predicted octanol–water partition coefficient (Wildman–Crippen LogP) is 4.38. The Morgan fingerprint density at radius 2 is 1.80 bits per heavy atom. The van der Waals surface area contributed by atoms with Gasteiger partial charge >= 0.3 is 0 Å². The van der Waals surface area contributed by atoms with Crippen molar-refractivity contribution in [2.24, 2.45) is 0 Å². The van der Waals surface area contributed by atoms with Crippen LogP contribution in [0.3, 0.4) is 0 Å². The first-order valence-corrected chi connectivity index (χ1v) is 6.30. The second-order valence-electron chi connectivity index (χ2n) is 4.29. The lowest BCUT2D eigenvalue weighted by atomic mass is 10.0. The Bertz CT molecular complexity index is 753. The van der Waals surface area contributed by atoms with E-state index in [4.69, 9.17) is 21.9 Å². The van der Waals surface area contributed by atoms with E-state index < -0.39 is 0 Å². The maximum Gasteiger partial charge on any atom is 0.230 e. The number of nitrogens with zero attached hydrogens (tertiary/aromatic N) is 1. The third-order valence-electron chi connectivity index (χ3n) is 2.95. The summed E-state index contributed by atoms with van der Waals surface area (Å²) in [5, 5.41) is 4.57. The zero-order valence-electron chi connectivity index (χ0n) is 10.3. The molecule has 5 heteroatoms. The minimum absolute atomic E-state index is 0.187. The van der Waals surface area contributed by atoms with Crippen LogP contribution in [0.4, 0.5) is 10.3 Å². The summed E-state index contributed by atoms with van der Waals surface area (Å²) in [6, 6.07) is 13.2. The Morgan fingerprint density at radius 3 is 2.50 bits per heavy atom. The van der Waals surface area contributed by atoms with Crippen molar-refractivity contribution in [1.29, 1.82) is 0 Å². The third-order valence-corrected chi connectivity index (χ3v) is 3.18. The zero-order valence-corrected chi connectivity index (χ0v) is 11.1. The average Bonchev–Trinajstić information content (AvgIpc) is 2.82. The first-order chi connectivity index (χ1) is 9.65. The summed E-state index contributed by atoms with van der Waals surface area (Å²) >= 11 is 5.98. The van der Waals surface area contributed by atoms with Gasteiger partial charge in [0.05, 0.1) is 5.56 Å². The number of nitrogens with two attached hydrogens (primary N) is 1. The molecule has 0 radical (unpaired) electrons. The van der Waals surface area contributed by atoms with E-state index >= 15 is 0 Å². The second-order valence-corrected chi connectivity index (χ2v) is 4.72. The lowest BCUT2D eigenvalue weighted by molar-refractivity contribution is 0.439. The van der Waals surface area contributed by atoms with Crippen molar-refractivity contribution in [3.05, 3.63) is 59.4 Å². The van der Waals surface area contributed by atoms with Crippen LogP contribution in [-0.4, -0.2) is 5.16 Å². The molecule has 3 aromatic rings. The Labute approximate surface area is 119 Å². The first-order valence-electron chi connectivity index (χ1n) is 5.92. The SMILES string of the molecule is Nc1onc(-c2cccc(Cl)c2)c1-c1ccc(F)cc1. The number of rotatable bonds is 2. The lowest BCUT2D eigenvalue weighted by Gasteiger charge is -2.03. The topological polar surface area (TPSA) is 52.0 Å². The summed E-state index contributed by atoms with van der Waals surface area (Å²) < 4.78 is 18.1. The molecular formula is C15H10ClFN2O. The maximum atomic E-state index is 13.0. The van der Waals surface area contributed by atoms with Crippen LogP contribution in [0.25, 0.3) is 22.4 Å². The van der Waals surface area contributed by atoms with Crippen LogP contribution < -0.4 is 5.73 Å². The number of hydrogen-bond donors (Lipinski definition) is 1. The standard InChI is InChI=1S/C15H10ClFN2O/c16-11-3-1-2-10(8-11)14-13(15(18)20-19-14)9-4-6-12(17)7-5-9/h1-8H,18H2. The van der Waals surface area contributed by atoms with E-state index in [1.54, 1.807) is 24.3 Å². The molecule has 0 aliphatic heterocycles. The summed E-state index contributed by atoms with van der Waals surface area (Å²) in [7, 11) is 0. The molecule has 1 aromatic heterocycles. The third kappa shape index (κ3) is 2.26. The van der Waals surface area contributed by atoms with Gasteiger partial charge in [-0.25, -0.2) is 4.39 Å². The van der Waals surface area contributed by atoms with Crippen molar-refractivity contribution >= 4 is 17.5 Å². The molecule has 3 nitrogen and oxygen atoms in total. The molecule has 0 atom stereocenters. The molecule has 0 bridgehead atoms. The predicted molar refractivity (Wildman–Crippen MR) is 76.8 cm³/mol. The van der Waals surface area contributed by atoms with E-state index in [1.807, 2.05) is 12.1 Å². The van der Waals surface area contributed by atoms with Gasteiger partial charge in [0, 0.05) is 10.6 Å². The lowest BCUT2D eigenvalue weighted by Crippen LogP contribution is -1.88. The summed E-state index contributed by atoms with van der Waals surface area (Å²) in [6.45, 7) is 0. The molecule has 0 fully saturated rings. The zero-order chi connectivity index (χ0) is 14.1. The van der Waals surface area contributed by atoms with Gasteiger partial charge in [0.15, 0.2) is 0 Å². The number of hydrogen-bond acceptors (Lipinski definition) is 3. The normalized spacial score (nSPS) is 10.7. The minimum Gasteiger partial charge on any atom is -0.367 e. The fourth-order valence-electron chi connectivity index (χ4n) is 2.03. The highest BCUT2D eigenvalue weighted by atomic mass is 35.5. The minimum atomic E-state index is -0.312. The fourth-order valence-corrected chi connectivity index (χ4v) is 2.22. The van der Waals surface area contributed by atoms with Crippen molar-refractivity contribution < 1.29 is 8.91 Å². The highest BCUT2D eigenvalue weighted by Crippen LogP contribution is 2.36. The molecule has 0 unspecified atom stereocenters. The van der Waals surface area contributed by atoms with Crippen molar-refractivity contribution in [3.8, 4) is 22.4 Å². The quantitative estimate of drug-likeness (QED) is 0.761. The highest BCUT2D eigenvalue weighted by Gasteiger charge is 2.17. The smallest absolute Gasteiger partial charge is 0.230 e. The summed E-state index contributed by atoms with van der Waals surface area (Å²) in [5.74, 6) is -0.125. The monoisotopic (exact) mass is 288 g/mol. The van der Waals surface area contributed by atoms with Crippen LogP contribution in [0.2, 0.25) is 5.02 Å². The molecule has 0 spiro atoms. The number of halogens is 2. The summed E-state index contributed by atoms with van der Waals surface area (Å²) in [6.07, 6.45) is 0. The van der Waals surface area contributed by atoms with E-state index in [2.05, 4.69) is 5.16 Å². The maximum absolute atomic E-state index is 13.0. The number of aromatic nitrogens is 1. The van der Waals surface area contributed by atoms with Gasteiger partial charge in [-0.2, -0.15) is 0 Å². The Hall–Kier alpha value is -2.33. The second kappa shape index (κ2) is 4.98. The van der Waals surface area contributed by atoms with Gasteiger partial charge in [-0.05, 0) is 29.8 Å². The van der Waals surface area contributed by atoms with Gasteiger partial charge in [-0.15, -0.1) is 0 Å². The molecule has 0 amide bonds. The molecule has 0 aliphatic rings. The largest absolute Gasteiger partial charge is 0.367 e. The van der Waals surface area contributed by atoms with E-state index in [0.29, 0.717) is 16.3 Å². The summed E-state index contributed by atoms with van der Waals surface area (Å²) in [4.78, 5) is 0. The molecule has 20 heavy (non-hydrogen) atoms. The molecular weight excluding hydrogens is 279 g/mol. The van der Waals surface area contributed by atoms with Crippen LogP contribution in [0, 0.1) is 5.82 Å². The Morgan fingerprint density at radius 1 is 1.05 bits per heavy atom. The van der Waals surface area contributed by atoms with Gasteiger partial charge in [-0.3, -0.25) is 0 Å². The molecule has 0 aliphatic carbocycles. The van der Waals surface area contributed by atoms with E-state index in [0.717, 1.165) is 11.1 Å². The molecule has 2 N–H and O–H groups in total. The van der Waals surface area contributed by atoms with Crippen LogP contribution in [0.1, 0.15) is 0 Å². The molecule has 100 valence electrons. The van der Waals surface area contributed by atoms with Gasteiger partial charge < -0.3 is 10.3 Å². The molecule has 1 heterocycles. The Kier molecular flexibility index (Phi) is 3.16. The van der Waals surface area contributed by atoms with Crippen molar-refractivity contribution in [1.82, 2.24) is 5.16 Å². The van der Waals surface area contributed by atoms with Crippen LogP contribution in [0.5, 0.6) is 0 Å². The average molecular weight is 289 g/mol. The van der Waals surface area contributed by atoms with E-state index in [-0.39, 0.29) is 11.7 Å². The van der Waals surface area contributed by atoms with Crippen molar-refractivity contribution in [2.75, 3.05) is 5.73 Å². The Balaban J connectivity index is 2.17. The van der Waals surface area contributed by atoms with E-state index in [1.165, 1.54) is 12.1 Å². The van der Waals surface area contributed by atoms with Gasteiger partial charge in [0.2, 0.25) is 5.88 Å². The number of benzene rings is 2. The van der Waals surface area contributed by atoms with E-state index in [9.17, 15) is 4.39 Å². The molecule has 0 saturated heterocycles. The fraction of sp³-hybridized carbons (Fsp3) is 0. The van der Waals surface area contributed by atoms with Gasteiger partial charge in [0.25, 0.3) is 0 Å². The van der Waals surface area contributed by atoms with Gasteiger partial charge in [-0.1, -0.05) is 41.0 Å². The van der Waals surface area contributed by atoms with Crippen molar-refractivity contribution in [2.45, 2.75) is 0 Å².